The van der Waals surface area contributed by atoms with E-state index in [0.29, 0.717) is 49.5 Å². The summed E-state index contributed by atoms with van der Waals surface area (Å²) in [4.78, 5) is 9.62. The van der Waals surface area contributed by atoms with Crippen LogP contribution in [0.15, 0.2) is 60.4 Å². The highest BCUT2D eigenvalue weighted by Gasteiger charge is 2.28. The van der Waals surface area contributed by atoms with Crippen LogP contribution in [0.2, 0.25) is 5.02 Å². The minimum atomic E-state index is -1.46. The molecule has 0 bridgehead atoms. The van der Waals surface area contributed by atoms with E-state index >= 15 is 0 Å². The van der Waals surface area contributed by atoms with Gasteiger partial charge in [0.15, 0.2) is 0 Å². The molecule has 2 N–H and O–H groups in total. The molecule has 10 heteroatoms. The third-order valence-electron chi connectivity index (χ3n) is 6.90. The number of aromatic nitrogens is 5. The minimum absolute atomic E-state index is 0.0261. The first-order valence-corrected chi connectivity index (χ1v) is 14.1. The van der Waals surface area contributed by atoms with Crippen molar-refractivity contribution < 1.29 is 1.37 Å². The van der Waals surface area contributed by atoms with Gasteiger partial charge in [-0.25, -0.2) is 9.67 Å². The van der Waals surface area contributed by atoms with Crippen LogP contribution in [0.4, 0.5) is 11.4 Å². The first-order valence-electron chi connectivity index (χ1n) is 13.4. The zero-order valence-corrected chi connectivity index (χ0v) is 23.1. The Bertz CT molecular complexity index is 1730. The zero-order chi connectivity index (χ0) is 27.9. The van der Waals surface area contributed by atoms with Crippen molar-refractivity contribution in [2.24, 2.45) is 0 Å². The molecule has 1 fully saturated rings. The van der Waals surface area contributed by atoms with Crippen LogP contribution in [0.1, 0.15) is 73.1 Å². The molecule has 8 nitrogen and oxygen atoms in total. The van der Waals surface area contributed by atoms with Gasteiger partial charge in [-0.3, -0.25) is 4.98 Å². The number of anilines is 2. The molecule has 0 saturated heterocycles. The molecule has 0 unspecified atom stereocenters. The lowest BCUT2D eigenvalue weighted by atomic mass is 10.0. The van der Waals surface area contributed by atoms with E-state index in [9.17, 15) is 6.63 Å². The first-order chi connectivity index (χ1) is 19.4. The molecule has 1 aliphatic rings. The molecule has 1 aliphatic carbocycles. The molecule has 0 aliphatic heterocycles. The summed E-state index contributed by atoms with van der Waals surface area (Å²) in [5.74, 6) is 0. The van der Waals surface area contributed by atoms with Crippen molar-refractivity contribution in [3.05, 3.63) is 92.8 Å². The SMILES string of the molecule is [2H][C@@](Nc1cc(Cl)c2ncc(C#N)c(N[C@H](CC)c3ccccc3)c2c1)(c1cn(C2CC2)nn1)c1scnc1C. The van der Waals surface area contributed by atoms with E-state index in [2.05, 4.69) is 56.0 Å². The molecule has 0 spiro atoms. The number of nitrogens with zero attached hydrogens (tertiary/aromatic N) is 6. The Hall–Kier alpha value is -4.00. The predicted octanol–water partition coefficient (Wildman–Crippen LogP) is 7.22. The van der Waals surface area contributed by atoms with Crippen LogP contribution in [0, 0.1) is 18.3 Å². The molecule has 39 heavy (non-hydrogen) atoms. The number of hydrogen-bond donors (Lipinski definition) is 2. The minimum Gasteiger partial charge on any atom is -0.377 e. The Morgan fingerprint density at radius 1 is 1.23 bits per heavy atom. The van der Waals surface area contributed by atoms with Gasteiger partial charge in [0.05, 0.1) is 57.5 Å². The second-order valence-corrected chi connectivity index (χ2v) is 10.9. The summed E-state index contributed by atoms with van der Waals surface area (Å²) < 4.78 is 11.5. The number of nitrogens with one attached hydrogen (secondary N) is 2. The van der Waals surface area contributed by atoms with Gasteiger partial charge in [-0.1, -0.05) is 54.1 Å². The molecule has 0 amide bonds. The maximum atomic E-state index is 9.98. The fourth-order valence-electron chi connectivity index (χ4n) is 4.68. The number of nitriles is 1. The molecular weight excluding hydrogens is 528 g/mol. The number of aryl methyl sites for hydroxylation is 1. The molecule has 1 saturated carbocycles. The Morgan fingerprint density at radius 2 is 2.05 bits per heavy atom. The van der Waals surface area contributed by atoms with E-state index in [1.54, 1.807) is 17.8 Å². The maximum absolute atomic E-state index is 9.98. The van der Waals surface area contributed by atoms with Crippen molar-refractivity contribution >= 4 is 45.2 Å². The number of fused-ring (bicyclic) bond motifs is 1. The molecular formula is C29H27ClN8S. The summed E-state index contributed by atoms with van der Waals surface area (Å²) in [6.07, 6.45) is 6.32. The van der Waals surface area contributed by atoms with Crippen LogP contribution >= 0.6 is 22.9 Å². The summed E-state index contributed by atoms with van der Waals surface area (Å²) in [6, 6.07) is 14.9. The number of halogens is 1. The van der Waals surface area contributed by atoms with Gasteiger partial charge >= 0.3 is 0 Å². The van der Waals surface area contributed by atoms with Crippen LogP contribution in [0.25, 0.3) is 10.9 Å². The molecule has 6 rings (SSSR count). The van der Waals surface area contributed by atoms with Crippen LogP contribution < -0.4 is 10.6 Å². The summed E-state index contributed by atoms with van der Waals surface area (Å²) in [5, 5.41) is 26.8. The Kier molecular flexibility index (Phi) is 6.56. The third kappa shape index (κ3) is 5.05. The normalized spacial score (nSPS) is 15.8. The highest BCUT2D eigenvalue weighted by molar-refractivity contribution is 7.09. The monoisotopic (exact) mass is 555 g/mol. The average Bonchev–Trinajstić information content (AvgIpc) is 3.51. The Morgan fingerprint density at radius 3 is 2.74 bits per heavy atom. The van der Waals surface area contributed by atoms with E-state index in [1.165, 1.54) is 11.3 Å². The molecule has 2 atom stereocenters. The van der Waals surface area contributed by atoms with E-state index in [0.717, 1.165) is 30.5 Å². The fraction of sp³-hybridized carbons (Fsp3) is 0.276. The van der Waals surface area contributed by atoms with E-state index in [-0.39, 0.29) is 6.04 Å². The highest BCUT2D eigenvalue weighted by Crippen LogP contribution is 2.39. The van der Waals surface area contributed by atoms with Gasteiger partial charge in [-0.15, -0.1) is 16.4 Å². The Balaban J connectivity index is 1.46. The second-order valence-electron chi connectivity index (χ2n) is 9.61. The highest BCUT2D eigenvalue weighted by atomic mass is 35.5. The van der Waals surface area contributed by atoms with Gasteiger partial charge in [0.1, 0.15) is 17.8 Å². The average molecular weight is 556 g/mol. The van der Waals surface area contributed by atoms with Crippen LogP contribution in [0.3, 0.4) is 0 Å². The number of thiazole rings is 1. The molecule has 3 heterocycles. The summed E-state index contributed by atoms with van der Waals surface area (Å²) >= 11 is 8.18. The van der Waals surface area contributed by atoms with Gasteiger partial charge in [-0.05, 0) is 43.9 Å². The number of pyridine rings is 1. The lowest BCUT2D eigenvalue weighted by molar-refractivity contribution is 0.610. The molecule has 3 aromatic heterocycles. The van der Waals surface area contributed by atoms with Crippen molar-refractivity contribution in [3.63, 3.8) is 0 Å². The van der Waals surface area contributed by atoms with Gasteiger partial charge in [0.2, 0.25) is 0 Å². The van der Waals surface area contributed by atoms with E-state index in [1.807, 2.05) is 42.1 Å². The van der Waals surface area contributed by atoms with Crippen molar-refractivity contribution in [1.29, 1.82) is 5.26 Å². The molecule has 196 valence electrons. The fourth-order valence-corrected chi connectivity index (χ4v) is 5.77. The van der Waals surface area contributed by atoms with Gasteiger partial charge < -0.3 is 10.6 Å². The number of hydrogen-bond acceptors (Lipinski definition) is 8. The second kappa shape index (κ2) is 10.6. The number of rotatable bonds is 9. The van der Waals surface area contributed by atoms with E-state index in [4.69, 9.17) is 11.6 Å². The Labute approximate surface area is 237 Å². The van der Waals surface area contributed by atoms with Crippen molar-refractivity contribution in [2.45, 2.75) is 51.2 Å². The van der Waals surface area contributed by atoms with Crippen LogP contribution in [-0.4, -0.2) is 25.0 Å². The van der Waals surface area contributed by atoms with Crippen molar-refractivity contribution in [1.82, 2.24) is 25.0 Å². The summed E-state index contributed by atoms with van der Waals surface area (Å²) in [6.45, 7) is 3.98. The van der Waals surface area contributed by atoms with Crippen molar-refractivity contribution in [3.8, 4) is 6.07 Å². The first kappa shape index (κ1) is 24.1. The lowest BCUT2D eigenvalue weighted by Crippen LogP contribution is -2.14. The van der Waals surface area contributed by atoms with Crippen molar-refractivity contribution in [2.75, 3.05) is 10.6 Å². The van der Waals surface area contributed by atoms with E-state index < -0.39 is 6.02 Å². The largest absolute Gasteiger partial charge is 0.377 e. The predicted molar refractivity (Wildman–Crippen MR) is 155 cm³/mol. The quantitative estimate of drug-likeness (QED) is 0.198. The van der Waals surface area contributed by atoms with Crippen LogP contribution in [0.5, 0.6) is 0 Å². The van der Waals surface area contributed by atoms with Gasteiger partial charge in [0, 0.05) is 17.3 Å². The maximum Gasteiger partial charge on any atom is 0.110 e. The third-order valence-corrected chi connectivity index (χ3v) is 8.14. The molecule has 0 radical (unpaired) electrons. The smallest absolute Gasteiger partial charge is 0.110 e. The van der Waals surface area contributed by atoms with Gasteiger partial charge in [0.25, 0.3) is 0 Å². The standard InChI is InChI=1S/C29H27ClN8S/c1-3-24(18-7-5-4-6-8-18)35-26-19(13-31)14-32-27-22(26)11-20(12-23(27)30)34-28(29-17(2)33-16-39-29)25-15-38(37-36-25)21-9-10-21/h4-8,11-12,14-16,21,24,28,34H,3,9-10H2,1-2H3,(H,32,35)/t24-,28-/m1/s1/i28D. The summed E-state index contributed by atoms with van der Waals surface area (Å²) in [7, 11) is 0. The van der Waals surface area contributed by atoms with Gasteiger partial charge in [-0.2, -0.15) is 5.26 Å². The lowest BCUT2D eigenvalue weighted by Gasteiger charge is -2.22. The molecule has 2 aromatic carbocycles. The topological polar surface area (TPSA) is 104 Å². The number of benzene rings is 2. The van der Waals surface area contributed by atoms with Crippen LogP contribution in [-0.2, 0) is 0 Å². The summed E-state index contributed by atoms with van der Waals surface area (Å²) in [5.41, 5.74) is 6.29. The zero-order valence-electron chi connectivity index (χ0n) is 22.5. The molecule has 5 aromatic rings.